The molecule has 0 bridgehead atoms. The zero-order chi connectivity index (χ0) is 13.2. The van der Waals surface area contributed by atoms with Crippen LogP contribution in [0.4, 0.5) is 0 Å². The van der Waals surface area contributed by atoms with Gasteiger partial charge in [0.1, 0.15) is 0 Å². The molecule has 1 unspecified atom stereocenters. The predicted molar refractivity (Wildman–Crippen MR) is 73.4 cm³/mol. The molecule has 1 aromatic rings. The quantitative estimate of drug-likeness (QED) is 0.817. The third kappa shape index (κ3) is 2.28. The van der Waals surface area contributed by atoms with E-state index in [9.17, 15) is 9.90 Å². The highest BCUT2D eigenvalue weighted by Gasteiger charge is 2.44. The van der Waals surface area contributed by atoms with Crippen LogP contribution in [0.5, 0.6) is 0 Å². The minimum absolute atomic E-state index is 0.215. The summed E-state index contributed by atoms with van der Waals surface area (Å²) in [5, 5.41) is 16.1. The lowest BCUT2D eigenvalue weighted by molar-refractivity contribution is -0.157. The second-order valence-electron chi connectivity index (χ2n) is 4.37. The van der Waals surface area contributed by atoms with Crippen LogP contribution in [-0.4, -0.2) is 27.5 Å². The molecule has 4 nitrogen and oxygen atoms in total. The summed E-state index contributed by atoms with van der Waals surface area (Å²) < 4.78 is 0. The van der Waals surface area contributed by atoms with Gasteiger partial charge in [0.05, 0.1) is 0 Å². The summed E-state index contributed by atoms with van der Waals surface area (Å²) in [6, 6.07) is 9.14. The second kappa shape index (κ2) is 5.12. The number of carbonyl (C=O) groups excluding carboxylic acids is 1. The van der Waals surface area contributed by atoms with Crippen molar-refractivity contribution in [3.63, 3.8) is 0 Å². The van der Waals surface area contributed by atoms with E-state index < -0.39 is 5.72 Å². The lowest BCUT2D eigenvalue weighted by Gasteiger charge is -2.31. The van der Waals surface area contributed by atoms with Gasteiger partial charge in [0, 0.05) is 24.1 Å². The Bertz CT molecular complexity index is 475. The van der Waals surface area contributed by atoms with E-state index in [1.165, 1.54) is 5.01 Å². The smallest absolute Gasteiger partial charge is 0.246 e. The number of nitrogens with zero attached hydrogens (tertiary/aromatic N) is 2. The van der Waals surface area contributed by atoms with Gasteiger partial charge in [0.15, 0.2) is 5.72 Å². The molecule has 1 aromatic carbocycles. The molecule has 0 spiro atoms. The Morgan fingerprint density at radius 3 is 2.78 bits per heavy atom. The third-order valence-electron chi connectivity index (χ3n) is 2.92. The summed E-state index contributed by atoms with van der Waals surface area (Å²) in [5.41, 5.74) is 0.0674. The van der Waals surface area contributed by atoms with E-state index in [4.69, 9.17) is 0 Å². The summed E-state index contributed by atoms with van der Waals surface area (Å²) in [5.74, 6) is 0.225. The van der Waals surface area contributed by atoms with Crippen molar-refractivity contribution in [1.82, 2.24) is 5.01 Å². The minimum Gasteiger partial charge on any atom is -0.365 e. The minimum atomic E-state index is -1.36. The maximum Gasteiger partial charge on any atom is 0.246 e. The number of thiol groups is 1. The van der Waals surface area contributed by atoms with E-state index in [2.05, 4.69) is 17.7 Å². The Kier molecular flexibility index (Phi) is 3.73. The number of benzene rings is 1. The van der Waals surface area contributed by atoms with Gasteiger partial charge in [-0.1, -0.05) is 30.3 Å². The van der Waals surface area contributed by atoms with Crippen LogP contribution in [0.2, 0.25) is 0 Å². The number of amides is 1. The highest BCUT2D eigenvalue weighted by atomic mass is 32.1. The van der Waals surface area contributed by atoms with Crippen molar-refractivity contribution < 1.29 is 9.90 Å². The van der Waals surface area contributed by atoms with E-state index in [0.29, 0.717) is 17.7 Å². The molecular formula is C13H16N2O2S. The molecule has 0 fully saturated rings. The molecule has 5 heteroatoms. The lowest BCUT2D eigenvalue weighted by Crippen LogP contribution is -2.43. The molecule has 0 saturated carbocycles. The van der Waals surface area contributed by atoms with Crippen LogP contribution < -0.4 is 0 Å². The van der Waals surface area contributed by atoms with Crippen molar-refractivity contribution >= 4 is 24.2 Å². The highest BCUT2D eigenvalue weighted by Crippen LogP contribution is 2.35. The molecule has 1 atom stereocenters. The Morgan fingerprint density at radius 2 is 2.17 bits per heavy atom. The van der Waals surface area contributed by atoms with Crippen molar-refractivity contribution in [3.05, 3.63) is 35.9 Å². The number of hydrogen-bond donors (Lipinski definition) is 2. The van der Waals surface area contributed by atoms with Gasteiger partial charge in [-0.3, -0.25) is 4.79 Å². The van der Waals surface area contributed by atoms with Crippen molar-refractivity contribution in [3.8, 4) is 0 Å². The summed E-state index contributed by atoms with van der Waals surface area (Å²) in [4.78, 5) is 12.0. The van der Waals surface area contributed by atoms with Crippen molar-refractivity contribution in [2.45, 2.75) is 25.5 Å². The molecule has 0 radical (unpaired) electrons. The first kappa shape index (κ1) is 13.1. The summed E-state index contributed by atoms with van der Waals surface area (Å²) in [7, 11) is 0. The molecule has 1 aliphatic heterocycles. The first-order valence-electron chi connectivity index (χ1n) is 5.84. The normalized spacial score (nSPS) is 23.1. The molecule has 1 amide bonds. The molecular weight excluding hydrogens is 248 g/mol. The Hall–Kier alpha value is -1.33. The monoisotopic (exact) mass is 264 g/mol. The van der Waals surface area contributed by atoms with Gasteiger partial charge in [0.25, 0.3) is 0 Å². The zero-order valence-corrected chi connectivity index (χ0v) is 11.1. The summed E-state index contributed by atoms with van der Waals surface area (Å²) in [6.45, 7) is 1.81. The maximum absolute atomic E-state index is 12.0. The fourth-order valence-corrected chi connectivity index (χ4v) is 2.30. The first-order chi connectivity index (χ1) is 8.58. The largest absolute Gasteiger partial charge is 0.365 e. The molecule has 0 saturated heterocycles. The van der Waals surface area contributed by atoms with E-state index >= 15 is 0 Å². The van der Waals surface area contributed by atoms with E-state index in [1.54, 1.807) is 12.1 Å². The average molecular weight is 264 g/mol. The van der Waals surface area contributed by atoms with Gasteiger partial charge >= 0.3 is 0 Å². The fourth-order valence-electron chi connectivity index (χ4n) is 2.11. The maximum atomic E-state index is 12.0. The van der Waals surface area contributed by atoms with Gasteiger partial charge in [-0.25, -0.2) is 0 Å². The van der Waals surface area contributed by atoms with Crippen molar-refractivity contribution in [2.24, 2.45) is 5.10 Å². The molecule has 1 N–H and O–H groups in total. The van der Waals surface area contributed by atoms with E-state index in [-0.39, 0.29) is 12.3 Å². The number of hydrazone groups is 1. The topological polar surface area (TPSA) is 52.9 Å². The van der Waals surface area contributed by atoms with Crippen LogP contribution in [0.15, 0.2) is 35.4 Å². The Labute approximate surface area is 112 Å². The first-order valence-corrected chi connectivity index (χ1v) is 6.47. The molecule has 2 rings (SSSR count). The number of hydrogen-bond acceptors (Lipinski definition) is 4. The summed E-state index contributed by atoms with van der Waals surface area (Å²) >= 11 is 4.04. The van der Waals surface area contributed by atoms with Crippen molar-refractivity contribution in [2.75, 3.05) is 5.75 Å². The number of aliphatic hydroxyl groups is 1. The van der Waals surface area contributed by atoms with Crippen LogP contribution in [0.3, 0.4) is 0 Å². The molecule has 0 aromatic heterocycles. The number of rotatable bonds is 3. The molecule has 1 aliphatic rings. The van der Waals surface area contributed by atoms with Crippen LogP contribution >= 0.6 is 12.6 Å². The van der Waals surface area contributed by atoms with Crippen molar-refractivity contribution in [1.29, 1.82) is 0 Å². The summed E-state index contributed by atoms with van der Waals surface area (Å²) in [6.07, 6.45) is 0.602. The van der Waals surface area contributed by atoms with Crippen LogP contribution in [-0.2, 0) is 10.5 Å². The predicted octanol–water partition coefficient (Wildman–Crippen LogP) is 1.76. The highest BCUT2D eigenvalue weighted by molar-refractivity contribution is 7.80. The average Bonchev–Trinajstić information content (AvgIpc) is 2.68. The lowest BCUT2D eigenvalue weighted by atomic mass is 9.97. The third-order valence-corrected chi connectivity index (χ3v) is 3.15. The second-order valence-corrected chi connectivity index (χ2v) is 4.82. The molecule has 18 heavy (non-hydrogen) atoms. The van der Waals surface area contributed by atoms with E-state index in [0.717, 1.165) is 5.71 Å². The van der Waals surface area contributed by atoms with E-state index in [1.807, 2.05) is 25.1 Å². The van der Waals surface area contributed by atoms with Gasteiger partial charge in [-0.15, -0.1) is 0 Å². The molecule has 96 valence electrons. The molecule has 1 heterocycles. The van der Waals surface area contributed by atoms with Gasteiger partial charge < -0.3 is 5.11 Å². The Balaban J connectivity index is 2.34. The van der Waals surface area contributed by atoms with Crippen LogP contribution in [0.25, 0.3) is 0 Å². The number of carbonyl (C=O) groups is 1. The molecule has 0 aliphatic carbocycles. The van der Waals surface area contributed by atoms with Gasteiger partial charge in [0.2, 0.25) is 5.91 Å². The van der Waals surface area contributed by atoms with Crippen LogP contribution in [0.1, 0.15) is 25.3 Å². The Morgan fingerprint density at radius 1 is 1.50 bits per heavy atom. The van der Waals surface area contributed by atoms with Gasteiger partial charge in [-0.2, -0.15) is 22.7 Å². The fraction of sp³-hybridized carbons (Fsp3) is 0.385. The SMILES string of the molecule is CC1=NN(C(=O)CCS)C(O)(c2ccccc2)C1. The standard InChI is InChI=1S/C13H16N2O2S/c1-10-9-13(17,11-5-3-2-4-6-11)15(14-10)12(16)7-8-18/h2-6,17-18H,7-9H2,1H3. The van der Waals surface area contributed by atoms with Crippen LogP contribution in [0, 0.1) is 0 Å². The zero-order valence-electron chi connectivity index (χ0n) is 10.2. The van der Waals surface area contributed by atoms with Gasteiger partial charge in [-0.05, 0) is 12.7 Å².